The first-order valence-electron chi connectivity index (χ1n) is 6.82. The van der Waals surface area contributed by atoms with E-state index < -0.39 is 36.4 Å². The van der Waals surface area contributed by atoms with Gasteiger partial charge < -0.3 is 15.4 Å². The van der Waals surface area contributed by atoms with Gasteiger partial charge >= 0.3 is 12.3 Å². The van der Waals surface area contributed by atoms with E-state index in [9.17, 15) is 18.0 Å². The minimum Gasteiger partial charge on any atom is -0.444 e. The smallest absolute Gasteiger partial charge is 0.410 e. The van der Waals surface area contributed by atoms with Crippen molar-refractivity contribution in [2.45, 2.75) is 57.9 Å². The van der Waals surface area contributed by atoms with E-state index in [0.717, 1.165) is 0 Å². The van der Waals surface area contributed by atoms with Crippen LogP contribution >= 0.6 is 0 Å². The number of ether oxygens (including phenoxy) is 1. The number of hydrogen-bond donors (Lipinski definition) is 1. The molecule has 20 heavy (non-hydrogen) atoms. The summed E-state index contributed by atoms with van der Waals surface area (Å²) in [4.78, 5) is 13.3. The molecule has 7 heteroatoms. The molecule has 0 radical (unpaired) electrons. The molecule has 118 valence electrons. The van der Waals surface area contributed by atoms with Gasteiger partial charge in [-0.25, -0.2) is 4.79 Å². The van der Waals surface area contributed by atoms with Crippen LogP contribution in [0.25, 0.3) is 0 Å². The Kier molecular flexibility index (Phi) is 5.29. The third kappa shape index (κ3) is 4.54. The van der Waals surface area contributed by atoms with E-state index in [1.165, 1.54) is 4.90 Å². The fourth-order valence-electron chi connectivity index (χ4n) is 2.43. The fraction of sp³-hybridized carbons (Fsp3) is 0.923. The van der Waals surface area contributed by atoms with Gasteiger partial charge in [-0.15, -0.1) is 0 Å². The van der Waals surface area contributed by atoms with Crippen molar-refractivity contribution in [3.8, 4) is 0 Å². The Balaban J connectivity index is 2.88. The van der Waals surface area contributed by atoms with Gasteiger partial charge in [0.25, 0.3) is 0 Å². The maximum absolute atomic E-state index is 13.0. The van der Waals surface area contributed by atoms with Crippen molar-refractivity contribution in [2.24, 2.45) is 11.7 Å². The van der Waals surface area contributed by atoms with Crippen LogP contribution in [0.3, 0.4) is 0 Å². The maximum Gasteiger partial charge on any atom is 0.410 e. The largest absolute Gasteiger partial charge is 0.444 e. The van der Waals surface area contributed by atoms with Crippen LogP contribution in [0.2, 0.25) is 0 Å². The molecule has 1 aliphatic heterocycles. The Morgan fingerprint density at radius 2 is 1.95 bits per heavy atom. The standard InChI is InChI=1S/C13H23F3N2O2/c1-12(2,3)20-11(19)18-7-5-4-6-10(18)9(8-17)13(14,15)16/h9-10H,4-8,17H2,1-3H3. The van der Waals surface area contributed by atoms with Gasteiger partial charge in [-0.2, -0.15) is 13.2 Å². The summed E-state index contributed by atoms with van der Waals surface area (Å²) in [6.07, 6.45) is -3.44. The Morgan fingerprint density at radius 1 is 1.35 bits per heavy atom. The highest BCUT2D eigenvalue weighted by molar-refractivity contribution is 5.68. The monoisotopic (exact) mass is 296 g/mol. The first-order valence-corrected chi connectivity index (χ1v) is 6.82. The number of nitrogens with zero attached hydrogens (tertiary/aromatic N) is 1. The van der Waals surface area contributed by atoms with Crippen LogP contribution in [-0.4, -0.2) is 41.9 Å². The quantitative estimate of drug-likeness (QED) is 0.852. The maximum atomic E-state index is 13.0. The molecule has 0 aromatic heterocycles. The summed E-state index contributed by atoms with van der Waals surface area (Å²) in [6.45, 7) is 4.83. The van der Waals surface area contributed by atoms with Crippen LogP contribution in [0, 0.1) is 5.92 Å². The normalized spacial score (nSPS) is 22.6. The molecule has 1 amide bonds. The summed E-state index contributed by atoms with van der Waals surface area (Å²) < 4.78 is 44.3. The fourth-order valence-corrected chi connectivity index (χ4v) is 2.43. The SMILES string of the molecule is CC(C)(C)OC(=O)N1CCCCC1C(CN)C(F)(F)F. The molecule has 0 saturated carbocycles. The van der Waals surface area contributed by atoms with Gasteiger partial charge in [0.05, 0.1) is 5.92 Å². The van der Waals surface area contributed by atoms with Gasteiger partial charge in [0, 0.05) is 19.1 Å². The second-order valence-corrected chi connectivity index (χ2v) is 6.12. The molecule has 4 nitrogen and oxygen atoms in total. The van der Waals surface area contributed by atoms with E-state index in [1.54, 1.807) is 20.8 Å². The van der Waals surface area contributed by atoms with Crippen LogP contribution in [0.15, 0.2) is 0 Å². The van der Waals surface area contributed by atoms with E-state index in [0.29, 0.717) is 19.3 Å². The second-order valence-electron chi connectivity index (χ2n) is 6.12. The van der Waals surface area contributed by atoms with Gasteiger partial charge in [0.15, 0.2) is 0 Å². The molecule has 0 aromatic rings. The number of piperidine rings is 1. The zero-order chi connectivity index (χ0) is 15.6. The van der Waals surface area contributed by atoms with Crippen molar-refractivity contribution in [2.75, 3.05) is 13.1 Å². The summed E-state index contributed by atoms with van der Waals surface area (Å²) in [5.41, 5.74) is 4.55. The number of amides is 1. The lowest BCUT2D eigenvalue weighted by Gasteiger charge is -2.40. The lowest BCUT2D eigenvalue weighted by molar-refractivity contribution is -0.190. The van der Waals surface area contributed by atoms with Crippen molar-refractivity contribution in [1.82, 2.24) is 4.90 Å². The number of halogens is 3. The minimum atomic E-state index is -4.41. The van der Waals surface area contributed by atoms with E-state index in [2.05, 4.69) is 0 Å². The molecule has 1 saturated heterocycles. The number of hydrogen-bond acceptors (Lipinski definition) is 3. The predicted molar refractivity (Wildman–Crippen MR) is 69.2 cm³/mol. The van der Waals surface area contributed by atoms with Gasteiger partial charge in [0.1, 0.15) is 5.60 Å². The molecule has 0 bridgehead atoms. The van der Waals surface area contributed by atoms with Crippen molar-refractivity contribution < 1.29 is 22.7 Å². The summed E-state index contributed by atoms with van der Waals surface area (Å²) >= 11 is 0. The van der Waals surface area contributed by atoms with Crippen molar-refractivity contribution in [3.05, 3.63) is 0 Å². The highest BCUT2D eigenvalue weighted by atomic mass is 19.4. The number of carbonyl (C=O) groups is 1. The molecule has 1 rings (SSSR count). The van der Waals surface area contributed by atoms with E-state index in [4.69, 9.17) is 10.5 Å². The van der Waals surface area contributed by atoms with Crippen LogP contribution in [0.1, 0.15) is 40.0 Å². The molecule has 1 aliphatic rings. The Hall–Kier alpha value is -0.980. The summed E-state index contributed by atoms with van der Waals surface area (Å²) in [5.74, 6) is -1.70. The minimum absolute atomic E-state index is 0.284. The van der Waals surface area contributed by atoms with E-state index >= 15 is 0 Å². The Bertz CT molecular complexity index is 339. The molecular weight excluding hydrogens is 273 g/mol. The lowest BCUT2D eigenvalue weighted by Crippen LogP contribution is -2.54. The molecule has 2 N–H and O–H groups in total. The average Bonchev–Trinajstić information content (AvgIpc) is 2.26. The molecular formula is C13H23F3N2O2. The van der Waals surface area contributed by atoms with Crippen LogP contribution in [0.4, 0.5) is 18.0 Å². The number of likely N-dealkylation sites (tertiary alicyclic amines) is 1. The average molecular weight is 296 g/mol. The van der Waals surface area contributed by atoms with E-state index in [1.807, 2.05) is 0 Å². The Labute approximate surface area is 117 Å². The van der Waals surface area contributed by atoms with Gasteiger partial charge in [0.2, 0.25) is 0 Å². The predicted octanol–water partition coefficient (Wildman–Crippen LogP) is 2.91. The summed E-state index contributed by atoms with van der Waals surface area (Å²) in [6, 6.07) is -0.927. The van der Waals surface area contributed by atoms with Crippen LogP contribution < -0.4 is 5.73 Å². The van der Waals surface area contributed by atoms with Crippen molar-refractivity contribution in [3.63, 3.8) is 0 Å². The topological polar surface area (TPSA) is 55.6 Å². The molecule has 0 aliphatic carbocycles. The Morgan fingerprint density at radius 3 is 2.40 bits per heavy atom. The van der Waals surface area contributed by atoms with Crippen molar-refractivity contribution in [1.29, 1.82) is 0 Å². The highest BCUT2D eigenvalue weighted by Gasteiger charge is 2.48. The molecule has 2 unspecified atom stereocenters. The second kappa shape index (κ2) is 6.20. The summed E-state index contributed by atoms with van der Waals surface area (Å²) in [5, 5.41) is 0. The highest BCUT2D eigenvalue weighted by Crippen LogP contribution is 2.35. The molecule has 0 spiro atoms. The number of alkyl halides is 3. The van der Waals surface area contributed by atoms with Gasteiger partial charge in [-0.1, -0.05) is 0 Å². The number of carbonyl (C=O) groups excluding carboxylic acids is 1. The van der Waals surface area contributed by atoms with Gasteiger partial charge in [-0.3, -0.25) is 0 Å². The first-order chi connectivity index (χ1) is 9.06. The zero-order valence-corrected chi connectivity index (χ0v) is 12.2. The van der Waals surface area contributed by atoms with E-state index in [-0.39, 0.29) is 6.54 Å². The van der Waals surface area contributed by atoms with Gasteiger partial charge in [-0.05, 0) is 40.0 Å². The molecule has 2 atom stereocenters. The zero-order valence-electron chi connectivity index (χ0n) is 12.2. The molecule has 0 aromatic carbocycles. The number of nitrogens with two attached hydrogens (primary N) is 1. The van der Waals surface area contributed by atoms with Crippen LogP contribution in [-0.2, 0) is 4.74 Å². The lowest BCUT2D eigenvalue weighted by atomic mass is 9.90. The molecule has 1 fully saturated rings. The molecule has 1 heterocycles. The van der Waals surface area contributed by atoms with Crippen LogP contribution in [0.5, 0.6) is 0 Å². The third-order valence-corrected chi connectivity index (χ3v) is 3.32. The third-order valence-electron chi connectivity index (χ3n) is 3.32. The summed E-state index contributed by atoms with van der Waals surface area (Å²) in [7, 11) is 0. The number of rotatable bonds is 2. The van der Waals surface area contributed by atoms with Crippen molar-refractivity contribution >= 4 is 6.09 Å². The first kappa shape index (κ1) is 17.1.